The maximum absolute atomic E-state index is 3.60. The van der Waals surface area contributed by atoms with E-state index in [9.17, 15) is 0 Å². The Morgan fingerprint density at radius 1 is 0.680 bits per heavy atom. The van der Waals surface area contributed by atoms with E-state index in [4.69, 9.17) is 0 Å². The normalized spacial score (nSPS) is 10.8. The van der Waals surface area contributed by atoms with Crippen molar-refractivity contribution in [3.63, 3.8) is 0 Å². The summed E-state index contributed by atoms with van der Waals surface area (Å²) in [4.78, 5) is 2.29. The summed E-state index contributed by atoms with van der Waals surface area (Å²) in [5.41, 5.74) is 7.39. The van der Waals surface area contributed by atoms with E-state index in [1.807, 2.05) is 0 Å². The molecule has 0 saturated carbocycles. The number of hydrogen-bond acceptors (Lipinski definition) is 1. The third-order valence-electron chi connectivity index (χ3n) is 4.24. The van der Waals surface area contributed by atoms with Crippen LogP contribution in [0.2, 0.25) is 0 Å². The highest BCUT2D eigenvalue weighted by atomic mass is 79.9. The van der Waals surface area contributed by atoms with E-state index in [0.717, 1.165) is 25.7 Å². The van der Waals surface area contributed by atoms with Crippen molar-refractivity contribution < 1.29 is 0 Å². The van der Waals surface area contributed by atoms with Gasteiger partial charge < -0.3 is 4.90 Å². The monoisotopic (exact) mass is 521 g/mol. The minimum atomic E-state index is 0.877. The van der Waals surface area contributed by atoms with E-state index in [1.165, 1.54) is 22.4 Å². The average Bonchev–Trinajstić information content (AvgIpc) is 2.58. The van der Waals surface area contributed by atoms with Crippen LogP contribution in [-0.2, 0) is 5.33 Å². The Balaban J connectivity index is 2.17. The summed E-state index contributed by atoms with van der Waals surface area (Å²) >= 11 is 10.7. The SMILES string of the molecule is Cc1cc(N(c2ccc(Br)cc2)c2ccc(Br)cc2)cc(C)c1CBr. The first-order valence-electron chi connectivity index (χ1n) is 7.97. The first-order chi connectivity index (χ1) is 12.0. The van der Waals surface area contributed by atoms with Gasteiger partial charge in [0.2, 0.25) is 0 Å². The molecule has 128 valence electrons. The number of halogens is 3. The zero-order chi connectivity index (χ0) is 18.0. The molecule has 0 amide bonds. The van der Waals surface area contributed by atoms with Crippen molar-refractivity contribution in [3.8, 4) is 0 Å². The van der Waals surface area contributed by atoms with Crippen molar-refractivity contribution in [3.05, 3.63) is 86.3 Å². The number of hydrogen-bond donors (Lipinski definition) is 0. The first-order valence-corrected chi connectivity index (χ1v) is 10.7. The van der Waals surface area contributed by atoms with Gasteiger partial charge in [0.1, 0.15) is 0 Å². The highest BCUT2D eigenvalue weighted by Gasteiger charge is 2.15. The lowest BCUT2D eigenvalue weighted by atomic mass is 10.0. The Morgan fingerprint density at radius 2 is 1.08 bits per heavy atom. The molecule has 0 atom stereocenters. The van der Waals surface area contributed by atoms with Gasteiger partial charge in [-0.2, -0.15) is 0 Å². The fourth-order valence-electron chi connectivity index (χ4n) is 2.94. The fraction of sp³-hybridized carbons (Fsp3) is 0.143. The van der Waals surface area contributed by atoms with Crippen LogP contribution in [0.25, 0.3) is 0 Å². The predicted octanol–water partition coefficient (Wildman–Crippen LogP) is 8.19. The van der Waals surface area contributed by atoms with Crippen LogP contribution in [0.1, 0.15) is 16.7 Å². The number of benzene rings is 3. The van der Waals surface area contributed by atoms with Gasteiger partial charge in [0, 0.05) is 31.3 Å². The summed E-state index contributed by atoms with van der Waals surface area (Å²) < 4.78 is 2.16. The molecule has 0 aromatic heterocycles. The molecule has 0 aliphatic carbocycles. The van der Waals surface area contributed by atoms with E-state index in [0.29, 0.717) is 0 Å². The van der Waals surface area contributed by atoms with Crippen molar-refractivity contribution in [2.75, 3.05) is 4.90 Å². The Labute approximate surface area is 174 Å². The van der Waals surface area contributed by atoms with Crippen molar-refractivity contribution >= 4 is 64.9 Å². The summed E-state index contributed by atoms with van der Waals surface area (Å²) in [7, 11) is 0. The molecule has 0 unspecified atom stereocenters. The molecular formula is C21H18Br3N. The smallest absolute Gasteiger partial charge is 0.0467 e. The number of anilines is 3. The maximum Gasteiger partial charge on any atom is 0.0467 e. The van der Waals surface area contributed by atoms with Crippen LogP contribution in [0.4, 0.5) is 17.1 Å². The zero-order valence-corrected chi connectivity index (χ0v) is 18.8. The third kappa shape index (κ3) is 4.18. The number of nitrogens with zero attached hydrogens (tertiary/aromatic N) is 1. The number of alkyl halides is 1. The molecule has 0 aliphatic rings. The molecule has 3 aromatic carbocycles. The van der Waals surface area contributed by atoms with Crippen molar-refractivity contribution in [2.24, 2.45) is 0 Å². The maximum atomic E-state index is 3.60. The Morgan fingerprint density at radius 3 is 1.44 bits per heavy atom. The minimum absolute atomic E-state index is 0.877. The quantitative estimate of drug-likeness (QED) is 0.311. The first kappa shape index (κ1) is 18.7. The topological polar surface area (TPSA) is 3.24 Å². The van der Waals surface area contributed by atoms with Gasteiger partial charge in [-0.1, -0.05) is 47.8 Å². The second kappa shape index (κ2) is 8.07. The highest BCUT2D eigenvalue weighted by Crippen LogP contribution is 2.37. The largest absolute Gasteiger partial charge is 0.310 e. The van der Waals surface area contributed by atoms with Gasteiger partial charge in [0.05, 0.1) is 0 Å². The fourth-order valence-corrected chi connectivity index (χ4v) is 4.35. The second-order valence-corrected chi connectivity index (χ2v) is 8.37. The molecule has 0 radical (unpaired) electrons. The van der Waals surface area contributed by atoms with Crippen LogP contribution >= 0.6 is 47.8 Å². The predicted molar refractivity (Wildman–Crippen MR) is 119 cm³/mol. The molecular weight excluding hydrogens is 506 g/mol. The summed E-state index contributed by atoms with van der Waals surface area (Å²) in [6.07, 6.45) is 0. The standard InChI is InChI=1S/C21H18Br3N/c1-14-11-20(12-15(2)21(14)13-22)25(18-7-3-16(23)4-8-18)19-9-5-17(24)6-10-19/h3-12H,13H2,1-2H3. The summed E-state index contributed by atoms with van der Waals surface area (Å²) in [6.45, 7) is 4.35. The van der Waals surface area contributed by atoms with Crippen LogP contribution in [0, 0.1) is 13.8 Å². The molecule has 1 nitrogen and oxygen atoms in total. The van der Waals surface area contributed by atoms with Gasteiger partial charge >= 0.3 is 0 Å². The lowest BCUT2D eigenvalue weighted by Gasteiger charge is -2.27. The minimum Gasteiger partial charge on any atom is -0.310 e. The average molecular weight is 524 g/mol. The van der Waals surface area contributed by atoms with E-state index < -0.39 is 0 Å². The molecule has 3 rings (SSSR count). The number of rotatable bonds is 4. The molecule has 0 spiro atoms. The second-order valence-electron chi connectivity index (χ2n) is 5.98. The van der Waals surface area contributed by atoms with Gasteiger partial charge in [-0.3, -0.25) is 0 Å². The van der Waals surface area contributed by atoms with Gasteiger partial charge in [0.15, 0.2) is 0 Å². The summed E-state index contributed by atoms with van der Waals surface area (Å²) in [5.74, 6) is 0. The van der Waals surface area contributed by atoms with Crippen molar-refractivity contribution in [1.82, 2.24) is 0 Å². The molecule has 0 heterocycles. The van der Waals surface area contributed by atoms with Crippen molar-refractivity contribution in [2.45, 2.75) is 19.2 Å². The van der Waals surface area contributed by atoms with E-state index in [2.05, 4.69) is 127 Å². The molecule has 0 fully saturated rings. The van der Waals surface area contributed by atoms with Gasteiger partial charge in [-0.15, -0.1) is 0 Å². The highest BCUT2D eigenvalue weighted by molar-refractivity contribution is 9.10. The Kier molecular flexibility index (Phi) is 6.03. The van der Waals surface area contributed by atoms with E-state index in [1.54, 1.807) is 0 Å². The van der Waals surface area contributed by atoms with Gasteiger partial charge in [0.25, 0.3) is 0 Å². The zero-order valence-electron chi connectivity index (χ0n) is 14.1. The van der Waals surface area contributed by atoms with Gasteiger partial charge in [-0.05, 0) is 91.2 Å². The van der Waals surface area contributed by atoms with Crippen LogP contribution in [0.3, 0.4) is 0 Å². The summed E-state index contributed by atoms with van der Waals surface area (Å²) in [6, 6.07) is 21.4. The molecule has 25 heavy (non-hydrogen) atoms. The van der Waals surface area contributed by atoms with Crippen LogP contribution in [0.15, 0.2) is 69.6 Å². The lowest BCUT2D eigenvalue weighted by Crippen LogP contribution is -2.11. The Hall–Kier alpha value is -1.10. The summed E-state index contributed by atoms with van der Waals surface area (Å²) in [5, 5.41) is 0.877. The van der Waals surface area contributed by atoms with Crippen LogP contribution in [-0.4, -0.2) is 0 Å². The van der Waals surface area contributed by atoms with E-state index in [-0.39, 0.29) is 0 Å². The van der Waals surface area contributed by atoms with Crippen molar-refractivity contribution in [1.29, 1.82) is 0 Å². The van der Waals surface area contributed by atoms with Crippen LogP contribution in [0.5, 0.6) is 0 Å². The lowest BCUT2D eigenvalue weighted by molar-refractivity contribution is 1.20. The molecule has 0 saturated heterocycles. The molecule has 3 aromatic rings. The molecule has 0 bridgehead atoms. The number of aryl methyl sites for hydroxylation is 2. The van der Waals surface area contributed by atoms with E-state index >= 15 is 0 Å². The molecule has 0 N–H and O–H groups in total. The Bertz CT molecular complexity index is 802. The molecule has 0 aliphatic heterocycles. The molecule has 4 heteroatoms. The van der Waals surface area contributed by atoms with Gasteiger partial charge in [-0.25, -0.2) is 0 Å². The third-order valence-corrected chi connectivity index (χ3v) is 5.86. The van der Waals surface area contributed by atoms with Crippen LogP contribution < -0.4 is 4.90 Å².